The summed E-state index contributed by atoms with van der Waals surface area (Å²) in [5.41, 5.74) is 3.59. The van der Waals surface area contributed by atoms with E-state index >= 15 is 0 Å². The van der Waals surface area contributed by atoms with Crippen LogP contribution in [0.2, 0.25) is 0 Å². The summed E-state index contributed by atoms with van der Waals surface area (Å²) in [7, 11) is 4.92. The molecule has 4 aromatic rings. The molecule has 32 heavy (non-hydrogen) atoms. The molecule has 0 aliphatic heterocycles. The van der Waals surface area contributed by atoms with Crippen LogP contribution in [0.15, 0.2) is 54.9 Å². The quantitative estimate of drug-likeness (QED) is 0.458. The minimum absolute atomic E-state index is 0.0621. The van der Waals surface area contributed by atoms with Crippen LogP contribution in [0.3, 0.4) is 0 Å². The predicted octanol–water partition coefficient (Wildman–Crippen LogP) is 3.81. The Balaban J connectivity index is 1.48. The maximum Gasteiger partial charge on any atom is 0.255 e. The minimum Gasteiger partial charge on any atom is -0.493 e. The van der Waals surface area contributed by atoms with Gasteiger partial charge in [-0.1, -0.05) is 12.1 Å². The third-order valence-corrected chi connectivity index (χ3v) is 5.10. The largest absolute Gasteiger partial charge is 0.493 e. The van der Waals surface area contributed by atoms with Gasteiger partial charge < -0.3 is 20.1 Å². The van der Waals surface area contributed by atoms with Crippen LogP contribution in [-0.4, -0.2) is 39.9 Å². The Morgan fingerprint density at radius 2 is 1.88 bits per heavy atom. The molecule has 1 atom stereocenters. The molecule has 0 saturated carbocycles. The van der Waals surface area contributed by atoms with Gasteiger partial charge in [0.25, 0.3) is 5.91 Å². The van der Waals surface area contributed by atoms with E-state index in [9.17, 15) is 4.79 Å². The first-order chi connectivity index (χ1) is 15.5. The van der Waals surface area contributed by atoms with Crippen molar-refractivity contribution in [2.75, 3.05) is 24.9 Å². The van der Waals surface area contributed by atoms with Crippen LogP contribution in [0.25, 0.3) is 11.2 Å². The van der Waals surface area contributed by atoms with E-state index in [1.807, 2.05) is 38.2 Å². The average molecular weight is 432 g/mol. The molecule has 9 heteroatoms. The molecule has 0 radical (unpaired) electrons. The minimum atomic E-state index is -0.240. The number of benzene rings is 2. The maximum atomic E-state index is 12.7. The van der Waals surface area contributed by atoms with Gasteiger partial charge in [-0.25, -0.2) is 14.6 Å². The monoisotopic (exact) mass is 432 g/mol. The van der Waals surface area contributed by atoms with E-state index in [0.717, 1.165) is 11.1 Å². The maximum absolute atomic E-state index is 12.7. The second-order valence-corrected chi connectivity index (χ2v) is 7.25. The Hall–Kier alpha value is -4.14. The second-order valence-electron chi connectivity index (χ2n) is 7.25. The highest BCUT2D eigenvalue weighted by atomic mass is 16.5. The van der Waals surface area contributed by atoms with Gasteiger partial charge in [-0.15, -0.1) is 0 Å². The number of anilines is 2. The van der Waals surface area contributed by atoms with E-state index < -0.39 is 0 Å². The van der Waals surface area contributed by atoms with Gasteiger partial charge in [0.15, 0.2) is 17.1 Å². The summed E-state index contributed by atoms with van der Waals surface area (Å²) in [6.07, 6.45) is 3.36. The van der Waals surface area contributed by atoms with Crippen molar-refractivity contribution in [2.24, 2.45) is 7.05 Å². The molecule has 0 saturated heterocycles. The van der Waals surface area contributed by atoms with Gasteiger partial charge in [0.2, 0.25) is 0 Å². The smallest absolute Gasteiger partial charge is 0.255 e. The number of hydrogen-bond acceptors (Lipinski definition) is 7. The first-order valence-corrected chi connectivity index (χ1v) is 10.0. The van der Waals surface area contributed by atoms with Gasteiger partial charge in [0.05, 0.1) is 32.7 Å². The Kier molecular flexibility index (Phi) is 5.89. The normalized spacial score (nSPS) is 11.8. The van der Waals surface area contributed by atoms with Crippen molar-refractivity contribution >= 4 is 28.6 Å². The second kappa shape index (κ2) is 8.93. The van der Waals surface area contributed by atoms with Gasteiger partial charge in [0, 0.05) is 18.3 Å². The van der Waals surface area contributed by atoms with Gasteiger partial charge in [-0.05, 0) is 42.8 Å². The van der Waals surface area contributed by atoms with E-state index in [-0.39, 0.29) is 11.9 Å². The first kappa shape index (κ1) is 21.1. The van der Waals surface area contributed by atoms with Gasteiger partial charge >= 0.3 is 0 Å². The molecule has 0 spiro atoms. The number of aromatic nitrogens is 4. The number of amides is 1. The van der Waals surface area contributed by atoms with Crippen LogP contribution < -0.4 is 20.1 Å². The van der Waals surface area contributed by atoms with Crippen molar-refractivity contribution in [3.63, 3.8) is 0 Å². The lowest BCUT2D eigenvalue weighted by molar-refractivity contribution is 0.102. The number of fused-ring (bicyclic) bond motifs is 1. The van der Waals surface area contributed by atoms with E-state index in [2.05, 4.69) is 25.7 Å². The summed E-state index contributed by atoms with van der Waals surface area (Å²) in [6, 6.07) is 12.6. The summed E-state index contributed by atoms with van der Waals surface area (Å²) in [4.78, 5) is 21.7. The Morgan fingerprint density at radius 3 is 2.66 bits per heavy atom. The lowest BCUT2D eigenvalue weighted by Crippen LogP contribution is -2.13. The molecule has 0 fully saturated rings. The summed E-state index contributed by atoms with van der Waals surface area (Å²) in [5.74, 6) is 1.47. The number of carbonyl (C=O) groups is 1. The summed E-state index contributed by atoms with van der Waals surface area (Å²) in [6.45, 7) is 2.02. The van der Waals surface area contributed by atoms with E-state index in [1.165, 1.54) is 7.11 Å². The number of ether oxygens (including phenoxy) is 2. The lowest BCUT2D eigenvalue weighted by Gasteiger charge is -2.16. The standard InChI is InChI=1S/C23H24N6O3/c1-14(26-21-13-24-18-12-25-29(2)22(18)28-21)15-6-5-7-17(10-15)27-23(30)16-8-9-19(31-3)20(11-16)32-4/h5-14H,1-4H3,(H,26,28)(H,27,30)/t14-/m0/s1. The highest BCUT2D eigenvalue weighted by molar-refractivity contribution is 6.04. The fourth-order valence-corrected chi connectivity index (χ4v) is 3.36. The number of aryl methyl sites for hydroxylation is 1. The average Bonchev–Trinajstić information content (AvgIpc) is 3.18. The van der Waals surface area contributed by atoms with Crippen LogP contribution in [0.1, 0.15) is 28.9 Å². The van der Waals surface area contributed by atoms with Crippen LogP contribution in [0.4, 0.5) is 11.5 Å². The van der Waals surface area contributed by atoms with Crippen molar-refractivity contribution in [1.82, 2.24) is 19.7 Å². The number of rotatable bonds is 7. The molecule has 0 unspecified atom stereocenters. The Morgan fingerprint density at radius 1 is 1.06 bits per heavy atom. The summed E-state index contributed by atoms with van der Waals surface area (Å²) >= 11 is 0. The van der Waals surface area contributed by atoms with E-state index in [1.54, 1.807) is 42.4 Å². The summed E-state index contributed by atoms with van der Waals surface area (Å²) in [5, 5.41) is 10.4. The summed E-state index contributed by atoms with van der Waals surface area (Å²) < 4.78 is 12.2. The highest BCUT2D eigenvalue weighted by Crippen LogP contribution is 2.28. The molecular weight excluding hydrogens is 408 g/mol. The molecule has 164 valence electrons. The molecule has 0 aliphatic rings. The third-order valence-electron chi connectivity index (χ3n) is 5.10. The third kappa shape index (κ3) is 4.31. The van der Waals surface area contributed by atoms with Gasteiger partial charge in [-0.2, -0.15) is 5.10 Å². The van der Waals surface area contributed by atoms with Crippen LogP contribution >= 0.6 is 0 Å². The molecule has 0 bridgehead atoms. The molecule has 1 amide bonds. The Labute approximate surface area is 185 Å². The number of nitrogens with zero attached hydrogens (tertiary/aromatic N) is 4. The van der Waals surface area contributed by atoms with Crippen molar-refractivity contribution < 1.29 is 14.3 Å². The van der Waals surface area contributed by atoms with Crippen molar-refractivity contribution in [2.45, 2.75) is 13.0 Å². The predicted molar refractivity (Wildman–Crippen MR) is 122 cm³/mol. The fraction of sp³-hybridized carbons (Fsp3) is 0.217. The number of carbonyl (C=O) groups excluding carboxylic acids is 1. The lowest BCUT2D eigenvalue weighted by atomic mass is 10.1. The molecule has 2 aromatic carbocycles. The molecule has 2 aromatic heterocycles. The number of nitrogens with one attached hydrogen (secondary N) is 2. The zero-order valence-electron chi connectivity index (χ0n) is 18.3. The molecule has 4 rings (SSSR count). The fourth-order valence-electron chi connectivity index (χ4n) is 3.36. The zero-order valence-corrected chi connectivity index (χ0v) is 18.3. The van der Waals surface area contributed by atoms with Crippen molar-refractivity contribution in [3.8, 4) is 11.5 Å². The van der Waals surface area contributed by atoms with E-state index in [4.69, 9.17) is 9.47 Å². The Bertz CT molecular complexity index is 1270. The van der Waals surface area contributed by atoms with Crippen LogP contribution in [-0.2, 0) is 7.05 Å². The van der Waals surface area contributed by atoms with Crippen molar-refractivity contribution in [1.29, 1.82) is 0 Å². The number of methoxy groups -OCH3 is 2. The SMILES string of the molecule is COc1ccc(C(=O)Nc2cccc([C@H](C)Nc3cnc4cnn(C)c4n3)c2)cc1OC. The molecule has 0 aliphatic carbocycles. The number of hydrogen-bond donors (Lipinski definition) is 2. The van der Waals surface area contributed by atoms with Gasteiger partial charge in [0.1, 0.15) is 11.3 Å². The zero-order chi connectivity index (χ0) is 22.7. The molecule has 2 N–H and O–H groups in total. The topological polar surface area (TPSA) is 103 Å². The first-order valence-electron chi connectivity index (χ1n) is 10.0. The van der Waals surface area contributed by atoms with Gasteiger partial charge in [-0.3, -0.25) is 4.79 Å². The van der Waals surface area contributed by atoms with Crippen LogP contribution in [0.5, 0.6) is 11.5 Å². The molecular formula is C23H24N6O3. The van der Waals surface area contributed by atoms with E-state index in [0.29, 0.717) is 34.2 Å². The molecule has 2 heterocycles. The molecule has 9 nitrogen and oxygen atoms in total. The highest BCUT2D eigenvalue weighted by Gasteiger charge is 2.13. The van der Waals surface area contributed by atoms with Crippen molar-refractivity contribution in [3.05, 3.63) is 66.0 Å². The van der Waals surface area contributed by atoms with Crippen LogP contribution in [0, 0.1) is 0 Å².